The van der Waals surface area contributed by atoms with Crippen molar-refractivity contribution in [1.29, 1.82) is 0 Å². The van der Waals surface area contributed by atoms with Gasteiger partial charge in [-0.25, -0.2) is 19.4 Å². The van der Waals surface area contributed by atoms with Crippen LogP contribution in [0.2, 0.25) is 0 Å². The highest BCUT2D eigenvalue weighted by molar-refractivity contribution is 6.07. The van der Waals surface area contributed by atoms with Crippen molar-refractivity contribution in [2.24, 2.45) is 5.92 Å². The van der Waals surface area contributed by atoms with Crippen LogP contribution in [0, 0.1) is 5.92 Å². The first-order valence-electron chi connectivity index (χ1n) is 19.0. The number of carbonyl (C=O) groups is 5. The van der Waals surface area contributed by atoms with Crippen LogP contribution in [0.5, 0.6) is 0 Å². The molecular formula is C47H52N2O7. The number of ketones is 1. The number of hydrogen-bond acceptors (Lipinski definition) is 7. The van der Waals surface area contributed by atoms with Crippen LogP contribution in [0.25, 0.3) is 22.3 Å². The van der Waals surface area contributed by atoms with E-state index in [1.165, 1.54) is 11.8 Å². The smallest absolute Gasteiger partial charge is 0.417 e. The van der Waals surface area contributed by atoms with E-state index in [-0.39, 0.29) is 17.7 Å². The molecule has 4 amide bonds. The lowest BCUT2D eigenvalue weighted by Gasteiger charge is -2.27. The number of amides is 4. The Labute approximate surface area is 330 Å². The summed E-state index contributed by atoms with van der Waals surface area (Å²) in [6.07, 6.45) is 0.587. The molecule has 1 unspecified atom stereocenters. The van der Waals surface area contributed by atoms with Gasteiger partial charge in [-0.3, -0.25) is 14.4 Å². The second-order valence-electron chi connectivity index (χ2n) is 16.4. The fraction of sp³-hybridized carbons (Fsp3) is 0.340. The molecule has 9 heteroatoms. The van der Waals surface area contributed by atoms with Crippen LogP contribution in [-0.4, -0.2) is 62.9 Å². The van der Waals surface area contributed by atoms with Crippen molar-refractivity contribution in [2.45, 2.75) is 97.4 Å². The molecule has 0 radical (unpaired) electrons. The summed E-state index contributed by atoms with van der Waals surface area (Å²) in [5, 5.41) is 0. The predicted molar refractivity (Wildman–Crippen MR) is 217 cm³/mol. The Hall–Kier alpha value is -5.83. The van der Waals surface area contributed by atoms with Crippen LogP contribution in [0.15, 0.2) is 121 Å². The largest absolute Gasteiger partial charge is 0.443 e. The first kappa shape index (κ1) is 41.3. The third kappa shape index (κ3) is 10.7. The van der Waals surface area contributed by atoms with E-state index in [1.807, 2.05) is 84.9 Å². The quantitative estimate of drug-likeness (QED) is 0.136. The molecule has 56 heavy (non-hydrogen) atoms. The van der Waals surface area contributed by atoms with Gasteiger partial charge < -0.3 is 9.47 Å². The van der Waals surface area contributed by atoms with Crippen LogP contribution in [0.1, 0.15) is 72.4 Å². The van der Waals surface area contributed by atoms with Gasteiger partial charge in [-0.05, 0) is 108 Å². The minimum absolute atomic E-state index is 0.217. The summed E-state index contributed by atoms with van der Waals surface area (Å²) in [6.45, 7) is 15.8. The summed E-state index contributed by atoms with van der Waals surface area (Å²) in [4.78, 5) is 64.5. The number of benzene rings is 4. The minimum Gasteiger partial charge on any atom is -0.443 e. The van der Waals surface area contributed by atoms with Crippen molar-refractivity contribution in [3.63, 3.8) is 0 Å². The highest BCUT2D eigenvalue weighted by Gasteiger charge is 2.46. The number of nitrogens with zero attached hydrogens (tertiary/aromatic N) is 2. The molecule has 0 bridgehead atoms. The summed E-state index contributed by atoms with van der Waals surface area (Å²) >= 11 is 0. The normalized spacial score (nSPS) is 18.3. The third-order valence-electron chi connectivity index (χ3n) is 9.51. The second-order valence-corrected chi connectivity index (χ2v) is 16.4. The Bertz CT molecular complexity index is 2040. The topological polar surface area (TPSA) is 110 Å². The first-order chi connectivity index (χ1) is 26.4. The fourth-order valence-corrected chi connectivity index (χ4v) is 6.87. The van der Waals surface area contributed by atoms with E-state index in [4.69, 9.17) is 9.47 Å². The number of Topliss-reactive ketones (excluding diaryl/α,β-unsaturated/α-hetero) is 1. The average molecular weight is 757 g/mol. The van der Waals surface area contributed by atoms with E-state index in [9.17, 15) is 24.0 Å². The zero-order valence-corrected chi connectivity index (χ0v) is 33.4. The van der Waals surface area contributed by atoms with Gasteiger partial charge >= 0.3 is 12.2 Å². The lowest BCUT2D eigenvalue weighted by molar-refractivity contribution is -0.136. The number of imide groups is 2. The highest BCUT2D eigenvalue weighted by atomic mass is 16.6. The number of rotatable bonds is 7. The highest BCUT2D eigenvalue weighted by Crippen LogP contribution is 2.31. The summed E-state index contributed by atoms with van der Waals surface area (Å²) in [7, 11) is 0. The monoisotopic (exact) mass is 756 g/mol. The SMILES string of the molecule is C=C1C[C@@H](Cc2ccc(-c3ccccc3)cc2)N(C(=O)OC(C)(C)C)C1=O.CC(=O)C1C[C@@H](Cc2ccc(-c3ccccc3)cc2)N(C(=O)OC(C)(C)C)C1=O. The maximum absolute atomic E-state index is 12.7. The van der Waals surface area contributed by atoms with Crippen molar-refractivity contribution >= 4 is 29.8 Å². The van der Waals surface area contributed by atoms with Crippen LogP contribution < -0.4 is 0 Å². The molecule has 0 N–H and O–H groups in total. The van der Waals surface area contributed by atoms with Gasteiger partial charge in [0.15, 0.2) is 0 Å². The van der Waals surface area contributed by atoms with Crippen molar-refractivity contribution in [1.82, 2.24) is 9.80 Å². The lowest BCUT2D eigenvalue weighted by atomic mass is 9.96. The standard InChI is InChI=1S/C24H27NO4.C23H25NO3/c1-16(26)21-15-20(25(22(21)27)23(28)29-24(2,3)4)14-17-10-12-19(13-11-17)18-8-6-5-7-9-18;1-16-14-20(24(21(16)25)22(26)27-23(2,3)4)15-17-10-12-19(13-11-17)18-8-6-5-7-9-18/h5-13,20-21H,14-15H2,1-4H3;5-13,20H,1,14-15H2,2-4H3/t20-,21?;20-/m10/s1. The van der Waals surface area contributed by atoms with E-state index in [0.29, 0.717) is 31.3 Å². The molecule has 2 fully saturated rings. The Morgan fingerprint density at radius 1 is 0.607 bits per heavy atom. The van der Waals surface area contributed by atoms with Gasteiger partial charge in [-0.15, -0.1) is 0 Å². The van der Waals surface area contributed by atoms with Crippen molar-refractivity contribution in [3.8, 4) is 22.3 Å². The maximum atomic E-state index is 12.7. The maximum Gasteiger partial charge on any atom is 0.417 e. The van der Waals surface area contributed by atoms with Gasteiger partial charge in [-0.2, -0.15) is 0 Å². The van der Waals surface area contributed by atoms with Crippen molar-refractivity contribution in [2.75, 3.05) is 0 Å². The second kappa shape index (κ2) is 17.3. The molecule has 9 nitrogen and oxygen atoms in total. The molecule has 6 rings (SSSR count). The van der Waals surface area contributed by atoms with Gasteiger partial charge in [0.1, 0.15) is 17.0 Å². The van der Waals surface area contributed by atoms with E-state index in [0.717, 1.165) is 38.3 Å². The van der Waals surface area contributed by atoms with Crippen LogP contribution in [0.3, 0.4) is 0 Å². The van der Waals surface area contributed by atoms with Crippen molar-refractivity contribution < 1.29 is 33.4 Å². The van der Waals surface area contributed by atoms with Gasteiger partial charge in [0.2, 0.25) is 5.91 Å². The molecule has 4 aromatic rings. The Morgan fingerprint density at radius 3 is 1.41 bits per heavy atom. The van der Waals surface area contributed by atoms with Gasteiger partial charge in [0.25, 0.3) is 5.91 Å². The van der Waals surface area contributed by atoms with Gasteiger partial charge in [0, 0.05) is 11.6 Å². The lowest BCUT2D eigenvalue weighted by Crippen LogP contribution is -2.43. The molecule has 0 aliphatic carbocycles. The molecule has 0 saturated carbocycles. The molecule has 2 aliphatic heterocycles. The number of hydrogen-bond donors (Lipinski definition) is 0. The minimum atomic E-state index is -0.781. The van der Waals surface area contributed by atoms with Crippen molar-refractivity contribution in [3.05, 3.63) is 132 Å². The Balaban J connectivity index is 0.000000215. The molecule has 2 aliphatic rings. The molecule has 4 aromatic carbocycles. The summed E-state index contributed by atoms with van der Waals surface area (Å²) < 4.78 is 10.8. The van der Waals surface area contributed by atoms with Gasteiger partial charge in [-0.1, -0.05) is 116 Å². The van der Waals surface area contributed by atoms with E-state index >= 15 is 0 Å². The molecule has 3 atom stereocenters. The first-order valence-corrected chi connectivity index (χ1v) is 19.0. The molecular weight excluding hydrogens is 705 g/mol. The Morgan fingerprint density at radius 2 is 1.00 bits per heavy atom. The Kier molecular flexibility index (Phi) is 12.8. The molecule has 0 aromatic heterocycles. The number of ether oxygens (including phenoxy) is 2. The van der Waals surface area contributed by atoms with Crippen LogP contribution in [0.4, 0.5) is 9.59 Å². The van der Waals surface area contributed by atoms with E-state index < -0.39 is 41.3 Å². The predicted octanol–water partition coefficient (Wildman–Crippen LogP) is 9.63. The molecule has 292 valence electrons. The average Bonchev–Trinajstić information content (AvgIpc) is 3.62. The summed E-state index contributed by atoms with van der Waals surface area (Å²) in [5.41, 5.74) is 5.67. The summed E-state index contributed by atoms with van der Waals surface area (Å²) in [5.74, 6) is -1.80. The van der Waals surface area contributed by atoms with E-state index in [2.05, 4.69) is 30.8 Å². The molecule has 0 spiro atoms. The summed E-state index contributed by atoms with van der Waals surface area (Å²) in [6, 6.07) is 35.8. The van der Waals surface area contributed by atoms with Gasteiger partial charge in [0.05, 0.1) is 12.0 Å². The van der Waals surface area contributed by atoms with Crippen LogP contribution >= 0.6 is 0 Å². The number of likely N-dealkylation sites (tertiary alicyclic amines) is 2. The zero-order valence-electron chi connectivity index (χ0n) is 33.4. The molecule has 2 saturated heterocycles. The van der Waals surface area contributed by atoms with E-state index in [1.54, 1.807) is 41.5 Å². The van der Waals surface area contributed by atoms with Crippen LogP contribution in [-0.2, 0) is 36.7 Å². The fourth-order valence-electron chi connectivity index (χ4n) is 6.87. The number of carbonyl (C=O) groups excluding carboxylic acids is 5. The third-order valence-corrected chi connectivity index (χ3v) is 9.51. The zero-order chi connectivity index (χ0) is 40.8. The molecule has 2 heterocycles.